The Bertz CT molecular complexity index is 982. The molecule has 1 saturated heterocycles. The normalized spacial score (nSPS) is 20.5. The maximum Gasteiger partial charge on any atom is 0.229 e. The number of allylic oxidation sites excluding steroid dienone is 1. The molecule has 2 aromatic rings. The molecule has 4 rings (SSSR count). The van der Waals surface area contributed by atoms with Crippen LogP contribution in [0, 0.1) is 11.3 Å². The number of nitrogens with zero attached hydrogens (tertiary/aromatic N) is 3. The summed E-state index contributed by atoms with van der Waals surface area (Å²) in [5, 5.41) is 10.8. The number of carbonyl (C=O) groups excluding carboxylic acids is 1. The van der Waals surface area contributed by atoms with Crippen LogP contribution in [-0.4, -0.2) is 34.9 Å². The maximum absolute atomic E-state index is 13.1. The zero-order valence-electron chi connectivity index (χ0n) is 17.2. The number of thioether (sulfide) groups is 1. The van der Waals surface area contributed by atoms with E-state index in [9.17, 15) is 10.1 Å². The van der Waals surface area contributed by atoms with Crippen LogP contribution in [0.2, 0.25) is 0 Å². The molecule has 2 aromatic carbocycles. The average molecular weight is 420 g/mol. The van der Waals surface area contributed by atoms with Crippen LogP contribution in [0.1, 0.15) is 43.4 Å². The lowest BCUT2D eigenvalue weighted by Gasteiger charge is -2.43. The molecule has 0 spiro atoms. The summed E-state index contributed by atoms with van der Waals surface area (Å²) in [6.45, 7) is 5.23. The molecule has 2 unspecified atom stereocenters. The third kappa shape index (κ3) is 3.96. The molecule has 154 valence electrons. The summed E-state index contributed by atoms with van der Waals surface area (Å²) < 4.78 is 5.52. The molecule has 0 radical (unpaired) electrons. The van der Waals surface area contributed by atoms with Crippen molar-refractivity contribution in [3.8, 4) is 11.8 Å². The number of hydrogen-bond donors (Lipinski definition) is 0. The number of nitriles is 1. The monoisotopic (exact) mass is 419 g/mol. The van der Waals surface area contributed by atoms with Crippen LogP contribution in [0.3, 0.4) is 0 Å². The predicted molar refractivity (Wildman–Crippen MR) is 118 cm³/mol. The lowest BCUT2D eigenvalue weighted by Crippen LogP contribution is -2.47. The summed E-state index contributed by atoms with van der Waals surface area (Å²) in [6.07, 6.45) is 0.314. The Balaban J connectivity index is 1.58. The Morgan fingerprint density at radius 1 is 1.20 bits per heavy atom. The van der Waals surface area contributed by atoms with E-state index < -0.39 is 0 Å². The first-order chi connectivity index (χ1) is 14.6. The van der Waals surface area contributed by atoms with Gasteiger partial charge in [0.15, 0.2) is 0 Å². The molecule has 0 aromatic heterocycles. The maximum atomic E-state index is 13.1. The smallest absolute Gasteiger partial charge is 0.229 e. The van der Waals surface area contributed by atoms with Crippen LogP contribution in [0.15, 0.2) is 65.2 Å². The fourth-order valence-electron chi connectivity index (χ4n) is 4.01. The molecule has 0 saturated carbocycles. The molecule has 0 bridgehead atoms. The van der Waals surface area contributed by atoms with Crippen molar-refractivity contribution < 1.29 is 9.53 Å². The molecule has 5 nitrogen and oxygen atoms in total. The molecule has 6 heteroatoms. The number of fused-ring (bicyclic) bond motifs is 1. The number of benzene rings is 2. The molecule has 2 aliphatic rings. The largest absolute Gasteiger partial charge is 0.494 e. The molecular formula is C24H25N3O2S. The lowest BCUT2D eigenvalue weighted by atomic mass is 9.86. The van der Waals surface area contributed by atoms with Crippen LogP contribution in [0.4, 0.5) is 0 Å². The van der Waals surface area contributed by atoms with E-state index in [-0.39, 0.29) is 17.9 Å². The van der Waals surface area contributed by atoms with Crippen LogP contribution in [-0.2, 0) is 4.79 Å². The minimum Gasteiger partial charge on any atom is -0.494 e. The van der Waals surface area contributed by atoms with Gasteiger partial charge in [0, 0.05) is 18.4 Å². The van der Waals surface area contributed by atoms with Crippen LogP contribution < -0.4 is 4.74 Å². The number of ether oxygens (including phenoxy) is 1. The van der Waals surface area contributed by atoms with Crippen LogP contribution >= 0.6 is 11.8 Å². The van der Waals surface area contributed by atoms with Crippen LogP contribution in [0.25, 0.3) is 0 Å². The molecule has 2 atom stereocenters. The van der Waals surface area contributed by atoms with Crippen molar-refractivity contribution in [1.82, 2.24) is 9.80 Å². The second-order valence-corrected chi connectivity index (χ2v) is 8.44. The SMILES string of the molecule is CCOc1ccc(C2CC(=O)N3CN(C(C)c4ccccc4)CSC3=C2C#N)cc1. The highest BCUT2D eigenvalue weighted by Gasteiger charge is 2.39. The van der Waals surface area contributed by atoms with E-state index in [0.717, 1.165) is 22.2 Å². The average Bonchev–Trinajstić information content (AvgIpc) is 2.79. The predicted octanol–water partition coefficient (Wildman–Crippen LogP) is 4.86. The van der Waals surface area contributed by atoms with E-state index in [1.807, 2.05) is 49.4 Å². The Hall–Kier alpha value is -2.75. The molecular weight excluding hydrogens is 394 g/mol. The fourth-order valence-corrected chi connectivity index (χ4v) is 5.26. The third-order valence-corrected chi connectivity index (χ3v) is 6.91. The van der Waals surface area contributed by atoms with Gasteiger partial charge in [-0.05, 0) is 37.1 Å². The van der Waals surface area contributed by atoms with Crippen molar-refractivity contribution in [3.63, 3.8) is 0 Å². The van der Waals surface area contributed by atoms with Gasteiger partial charge < -0.3 is 4.74 Å². The Kier molecular flexibility index (Phi) is 6.12. The highest BCUT2D eigenvalue weighted by atomic mass is 32.2. The molecule has 0 aliphatic carbocycles. The molecule has 30 heavy (non-hydrogen) atoms. The lowest BCUT2D eigenvalue weighted by molar-refractivity contribution is -0.132. The molecule has 1 fully saturated rings. The Morgan fingerprint density at radius 2 is 1.93 bits per heavy atom. The summed E-state index contributed by atoms with van der Waals surface area (Å²) in [7, 11) is 0. The van der Waals surface area contributed by atoms with Crippen molar-refractivity contribution in [3.05, 3.63) is 76.3 Å². The topological polar surface area (TPSA) is 56.6 Å². The Labute approximate surface area is 181 Å². The summed E-state index contributed by atoms with van der Waals surface area (Å²) in [5.74, 6) is 1.42. The van der Waals surface area contributed by atoms with Gasteiger partial charge in [0.05, 0.1) is 35.8 Å². The van der Waals surface area contributed by atoms with E-state index in [1.54, 1.807) is 16.7 Å². The van der Waals surface area contributed by atoms with Gasteiger partial charge in [-0.1, -0.05) is 54.2 Å². The van der Waals surface area contributed by atoms with Crippen molar-refractivity contribution in [2.75, 3.05) is 19.2 Å². The van der Waals surface area contributed by atoms with Crippen LogP contribution in [0.5, 0.6) is 5.75 Å². The highest BCUT2D eigenvalue weighted by Crippen LogP contribution is 2.43. The first-order valence-electron chi connectivity index (χ1n) is 10.2. The zero-order chi connectivity index (χ0) is 21.1. The van der Waals surface area contributed by atoms with Crippen molar-refractivity contribution >= 4 is 17.7 Å². The summed E-state index contributed by atoms with van der Waals surface area (Å²) >= 11 is 1.59. The highest BCUT2D eigenvalue weighted by molar-refractivity contribution is 8.03. The number of amides is 1. The van der Waals surface area contributed by atoms with Gasteiger partial charge in [-0.2, -0.15) is 5.26 Å². The minimum atomic E-state index is -0.199. The van der Waals surface area contributed by atoms with Gasteiger partial charge in [-0.15, -0.1) is 0 Å². The van der Waals surface area contributed by atoms with Crippen molar-refractivity contribution in [2.24, 2.45) is 0 Å². The van der Waals surface area contributed by atoms with Gasteiger partial charge in [-0.3, -0.25) is 14.6 Å². The van der Waals surface area contributed by atoms with E-state index in [4.69, 9.17) is 4.74 Å². The second-order valence-electron chi connectivity index (χ2n) is 7.50. The van der Waals surface area contributed by atoms with Crippen molar-refractivity contribution in [2.45, 2.75) is 32.2 Å². The Morgan fingerprint density at radius 3 is 2.60 bits per heavy atom. The second kappa shape index (κ2) is 8.95. The number of hydrogen-bond acceptors (Lipinski definition) is 5. The first-order valence-corrected chi connectivity index (χ1v) is 11.2. The van der Waals surface area contributed by atoms with Gasteiger partial charge >= 0.3 is 0 Å². The number of carbonyl (C=O) groups is 1. The van der Waals surface area contributed by atoms with Gasteiger partial charge in [0.2, 0.25) is 5.91 Å². The van der Waals surface area contributed by atoms with Gasteiger partial charge in [0.1, 0.15) is 5.75 Å². The van der Waals surface area contributed by atoms with E-state index in [1.165, 1.54) is 5.56 Å². The molecule has 0 N–H and O–H groups in total. The van der Waals surface area contributed by atoms with Gasteiger partial charge in [-0.25, -0.2) is 0 Å². The van der Waals surface area contributed by atoms with E-state index in [0.29, 0.717) is 25.3 Å². The van der Waals surface area contributed by atoms with Gasteiger partial charge in [0.25, 0.3) is 0 Å². The summed E-state index contributed by atoms with van der Waals surface area (Å²) in [6, 6.07) is 20.7. The molecule has 2 aliphatic heterocycles. The fraction of sp³-hybridized carbons (Fsp3) is 0.333. The zero-order valence-corrected chi connectivity index (χ0v) is 18.1. The third-order valence-electron chi connectivity index (χ3n) is 5.74. The quantitative estimate of drug-likeness (QED) is 0.693. The molecule has 2 heterocycles. The first kappa shape index (κ1) is 20.5. The van der Waals surface area contributed by atoms with E-state index >= 15 is 0 Å². The molecule has 1 amide bonds. The van der Waals surface area contributed by atoms with Crippen molar-refractivity contribution in [1.29, 1.82) is 5.26 Å². The van der Waals surface area contributed by atoms with E-state index in [2.05, 4.69) is 30.0 Å². The summed E-state index contributed by atoms with van der Waals surface area (Å²) in [5.41, 5.74) is 2.90. The minimum absolute atomic E-state index is 0.0698. The standard InChI is InChI=1S/C24H25N3O2S/c1-3-29-20-11-9-19(10-12-20)21-13-23(28)27-15-26(16-30-24(27)22(21)14-25)17(2)18-7-5-4-6-8-18/h4-12,17,21H,3,13,15-16H2,1-2H3. The summed E-state index contributed by atoms with van der Waals surface area (Å²) in [4.78, 5) is 17.1. The number of rotatable bonds is 5.